The Morgan fingerprint density at radius 1 is 1.14 bits per heavy atom. The van der Waals surface area contributed by atoms with E-state index in [1.165, 1.54) is 12.1 Å². The molecule has 1 aliphatic carbocycles. The van der Waals surface area contributed by atoms with E-state index in [1.54, 1.807) is 12.1 Å². The van der Waals surface area contributed by atoms with Crippen LogP contribution < -0.4 is 0 Å². The molecule has 0 atom stereocenters. The van der Waals surface area contributed by atoms with Crippen molar-refractivity contribution < 1.29 is 14.0 Å². The molecule has 2 aliphatic heterocycles. The number of fused-ring (bicyclic) bond motifs is 1. The van der Waals surface area contributed by atoms with Gasteiger partial charge in [-0.1, -0.05) is 18.2 Å². The number of nitrogens with zero attached hydrogens (tertiary/aromatic N) is 2. The Kier molecular flexibility index (Phi) is 5.53. The van der Waals surface area contributed by atoms with Gasteiger partial charge < -0.3 is 4.90 Å². The summed E-state index contributed by atoms with van der Waals surface area (Å²) in [5.74, 6) is 0.319. The van der Waals surface area contributed by atoms with Crippen LogP contribution in [0.1, 0.15) is 29.6 Å². The smallest absolute Gasteiger partial charge is 0.254 e. The second-order valence-corrected chi connectivity index (χ2v) is 7.81. The Bertz CT molecular complexity index is 846. The van der Waals surface area contributed by atoms with Gasteiger partial charge in [-0.15, -0.1) is 0 Å². The van der Waals surface area contributed by atoms with E-state index in [0.29, 0.717) is 18.0 Å². The van der Waals surface area contributed by atoms with Gasteiger partial charge in [-0.25, -0.2) is 4.39 Å². The van der Waals surface area contributed by atoms with Gasteiger partial charge in [0, 0.05) is 24.2 Å². The number of allylic oxidation sites excluding steroid dienone is 4. The minimum Gasteiger partial charge on any atom is -0.334 e. The first-order valence-electron chi connectivity index (χ1n) is 9.97. The number of hydrogen-bond acceptors (Lipinski definition) is 3. The molecule has 0 radical (unpaired) electrons. The molecular formula is C23H25FN2O2. The summed E-state index contributed by atoms with van der Waals surface area (Å²) in [5.41, 5.74) is 2.55. The highest BCUT2D eigenvalue weighted by Gasteiger charge is 2.32. The minimum atomic E-state index is -0.327. The molecule has 0 unspecified atom stereocenters. The van der Waals surface area contributed by atoms with Gasteiger partial charge in [-0.05, 0) is 74.2 Å². The molecule has 0 aromatic heterocycles. The van der Waals surface area contributed by atoms with Gasteiger partial charge >= 0.3 is 0 Å². The summed E-state index contributed by atoms with van der Waals surface area (Å²) in [4.78, 5) is 29.2. The zero-order valence-corrected chi connectivity index (χ0v) is 15.9. The molecule has 3 aliphatic rings. The average Bonchev–Trinajstić information content (AvgIpc) is 2.86. The van der Waals surface area contributed by atoms with Crippen molar-refractivity contribution >= 4 is 11.7 Å². The summed E-state index contributed by atoms with van der Waals surface area (Å²) in [6, 6.07) is 5.74. The lowest BCUT2D eigenvalue weighted by Gasteiger charge is -2.33. The Labute approximate surface area is 165 Å². The fourth-order valence-corrected chi connectivity index (χ4v) is 4.19. The second kappa shape index (κ2) is 8.23. The van der Waals surface area contributed by atoms with Crippen molar-refractivity contribution in [1.82, 2.24) is 9.80 Å². The Morgan fingerprint density at radius 2 is 1.89 bits per heavy atom. The number of ketones is 1. The van der Waals surface area contributed by atoms with Crippen LogP contribution in [0.5, 0.6) is 0 Å². The maximum Gasteiger partial charge on any atom is 0.254 e. The van der Waals surface area contributed by atoms with Crippen LogP contribution in [0.3, 0.4) is 0 Å². The Morgan fingerprint density at radius 3 is 2.64 bits per heavy atom. The standard InChI is InChI=1S/C23H25FN2O2/c24-20-8-6-18(7-9-20)22(27)16-25-12-10-17(11-13-25)14-26-15-19-4-2-1-3-5-21(19)23(26)28/h1,3-9,17H,2,10-16H2. The molecule has 28 heavy (non-hydrogen) atoms. The van der Waals surface area contributed by atoms with Crippen molar-refractivity contribution in [3.05, 3.63) is 71.1 Å². The average molecular weight is 380 g/mol. The number of carbonyl (C=O) groups is 2. The highest BCUT2D eigenvalue weighted by Crippen LogP contribution is 2.28. The van der Waals surface area contributed by atoms with Gasteiger partial charge in [0.05, 0.1) is 6.54 Å². The van der Waals surface area contributed by atoms with E-state index in [0.717, 1.165) is 56.6 Å². The number of amides is 1. The molecule has 1 amide bonds. The molecule has 2 fully saturated rings. The lowest BCUT2D eigenvalue weighted by molar-refractivity contribution is -0.125. The fourth-order valence-electron chi connectivity index (χ4n) is 4.19. The molecule has 2 heterocycles. The van der Waals surface area contributed by atoms with E-state index in [-0.39, 0.29) is 17.5 Å². The molecule has 5 heteroatoms. The molecule has 4 nitrogen and oxygen atoms in total. The maximum absolute atomic E-state index is 13.0. The van der Waals surface area contributed by atoms with Crippen LogP contribution in [0.4, 0.5) is 4.39 Å². The van der Waals surface area contributed by atoms with Crippen molar-refractivity contribution in [2.45, 2.75) is 19.3 Å². The molecule has 1 aromatic carbocycles. The molecule has 146 valence electrons. The van der Waals surface area contributed by atoms with E-state index in [9.17, 15) is 14.0 Å². The highest BCUT2D eigenvalue weighted by molar-refractivity contribution is 6.01. The largest absolute Gasteiger partial charge is 0.334 e. The van der Waals surface area contributed by atoms with Crippen LogP contribution in [0.25, 0.3) is 0 Å². The number of carbonyl (C=O) groups excluding carboxylic acids is 2. The second-order valence-electron chi connectivity index (χ2n) is 7.81. The number of halogens is 1. The van der Waals surface area contributed by atoms with Crippen molar-refractivity contribution in [1.29, 1.82) is 0 Å². The van der Waals surface area contributed by atoms with Crippen LogP contribution in [0, 0.1) is 11.7 Å². The monoisotopic (exact) mass is 380 g/mol. The molecule has 2 saturated heterocycles. The third-order valence-corrected chi connectivity index (χ3v) is 5.84. The normalized spacial score (nSPS) is 20.6. The molecular weight excluding hydrogens is 355 g/mol. The topological polar surface area (TPSA) is 40.6 Å². The summed E-state index contributed by atoms with van der Waals surface area (Å²) in [5, 5.41) is 0. The highest BCUT2D eigenvalue weighted by atomic mass is 19.1. The van der Waals surface area contributed by atoms with Gasteiger partial charge in [-0.3, -0.25) is 14.5 Å². The minimum absolute atomic E-state index is 0.0280. The Balaban J connectivity index is 1.27. The lowest BCUT2D eigenvalue weighted by atomic mass is 9.95. The molecule has 0 saturated carbocycles. The summed E-state index contributed by atoms with van der Waals surface area (Å²) < 4.78 is 13.0. The zero-order chi connectivity index (χ0) is 19.5. The summed E-state index contributed by atoms with van der Waals surface area (Å²) in [6.07, 6.45) is 11.0. The quantitative estimate of drug-likeness (QED) is 0.736. The fraction of sp³-hybridized carbons (Fsp3) is 0.391. The number of rotatable bonds is 5. The predicted octanol–water partition coefficient (Wildman–Crippen LogP) is 3.38. The van der Waals surface area contributed by atoms with Gasteiger partial charge in [0.2, 0.25) is 0 Å². The molecule has 0 N–H and O–H groups in total. The first kappa shape index (κ1) is 18.8. The maximum atomic E-state index is 13.0. The van der Waals surface area contributed by atoms with Crippen molar-refractivity contribution in [2.24, 2.45) is 5.92 Å². The number of likely N-dealkylation sites (tertiary alicyclic amines) is 2. The first-order valence-corrected chi connectivity index (χ1v) is 9.97. The summed E-state index contributed by atoms with van der Waals surface area (Å²) >= 11 is 0. The molecule has 4 rings (SSSR count). The van der Waals surface area contributed by atoms with Crippen molar-refractivity contribution in [3.8, 4) is 0 Å². The molecule has 0 spiro atoms. The van der Waals surface area contributed by atoms with Crippen molar-refractivity contribution in [3.63, 3.8) is 0 Å². The van der Waals surface area contributed by atoms with E-state index in [2.05, 4.69) is 17.1 Å². The van der Waals surface area contributed by atoms with Crippen LogP contribution >= 0.6 is 0 Å². The Hall–Kier alpha value is -2.53. The summed E-state index contributed by atoms with van der Waals surface area (Å²) in [7, 11) is 0. The predicted molar refractivity (Wildman–Crippen MR) is 106 cm³/mol. The lowest BCUT2D eigenvalue weighted by Crippen LogP contribution is -2.41. The molecule has 1 aromatic rings. The first-order chi connectivity index (χ1) is 13.6. The van der Waals surface area contributed by atoms with Gasteiger partial charge in [0.25, 0.3) is 5.91 Å². The van der Waals surface area contributed by atoms with Gasteiger partial charge in [-0.2, -0.15) is 0 Å². The van der Waals surface area contributed by atoms with E-state index in [4.69, 9.17) is 0 Å². The third-order valence-electron chi connectivity index (χ3n) is 5.84. The molecule has 0 bridgehead atoms. The number of piperidine rings is 1. The van der Waals surface area contributed by atoms with E-state index in [1.807, 2.05) is 17.1 Å². The van der Waals surface area contributed by atoms with Crippen LogP contribution in [0.15, 0.2) is 59.7 Å². The third kappa shape index (κ3) is 4.14. The SMILES string of the molecule is O=C(CN1CCC(CN2CC3=CCC=CC=C3C2=O)CC1)c1ccc(F)cc1. The van der Waals surface area contributed by atoms with E-state index < -0.39 is 0 Å². The summed E-state index contributed by atoms with van der Waals surface area (Å²) in [6.45, 7) is 3.58. The van der Waals surface area contributed by atoms with E-state index >= 15 is 0 Å². The zero-order valence-electron chi connectivity index (χ0n) is 15.9. The van der Waals surface area contributed by atoms with Crippen LogP contribution in [-0.4, -0.2) is 54.2 Å². The van der Waals surface area contributed by atoms with Crippen LogP contribution in [0.2, 0.25) is 0 Å². The van der Waals surface area contributed by atoms with Crippen molar-refractivity contribution in [2.75, 3.05) is 32.7 Å². The number of benzene rings is 1. The van der Waals surface area contributed by atoms with Gasteiger partial charge in [0.1, 0.15) is 5.82 Å². The van der Waals surface area contributed by atoms with Gasteiger partial charge in [0.15, 0.2) is 5.78 Å². The number of Topliss-reactive ketones (excluding diaryl/α,β-unsaturated/α-hetero) is 1. The number of hydrogen-bond donors (Lipinski definition) is 0. The van der Waals surface area contributed by atoms with Crippen LogP contribution in [-0.2, 0) is 4.79 Å².